The van der Waals surface area contributed by atoms with E-state index in [0.717, 1.165) is 12.8 Å². The molecule has 1 saturated heterocycles. The van der Waals surface area contributed by atoms with Gasteiger partial charge in [-0.25, -0.2) is 12.8 Å². The maximum atomic E-state index is 13.5. The molecule has 2 N–H and O–H groups in total. The zero-order valence-electron chi connectivity index (χ0n) is 12.1. The second-order valence-corrected chi connectivity index (χ2v) is 7.51. The summed E-state index contributed by atoms with van der Waals surface area (Å²) in [5.74, 6) is -0.235. The normalized spacial score (nSPS) is 24.8. The molecule has 2 unspecified atom stereocenters. The number of nitrogen functional groups attached to an aromatic ring is 1. The van der Waals surface area contributed by atoms with E-state index in [1.165, 1.54) is 23.4 Å². The molecule has 1 heterocycles. The van der Waals surface area contributed by atoms with Gasteiger partial charge in [0.15, 0.2) is 0 Å². The van der Waals surface area contributed by atoms with Gasteiger partial charge < -0.3 is 5.73 Å². The molecule has 1 aromatic carbocycles. The predicted molar refractivity (Wildman–Crippen MR) is 77.3 cm³/mol. The Bertz CT molecular complexity index is 593. The highest BCUT2D eigenvalue weighted by atomic mass is 32.2. The Morgan fingerprint density at radius 3 is 2.60 bits per heavy atom. The van der Waals surface area contributed by atoms with Gasteiger partial charge in [0.1, 0.15) is 5.82 Å². The summed E-state index contributed by atoms with van der Waals surface area (Å²) in [4.78, 5) is 0.0786. The summed E-state index contributed by atoms with van der Waals surface area (Å²) in [6.07, 6.45) is 1.87. The van der Waals surface area contributed by atoms with Gasteiger partial charge >= 0.3 is 0 Å². The van der Waals surface area contributed by atoms with Crippen molar-refractivity contribution in [3.8, 4) is 0 Å². The molecule has 20 heavy (non-hydrogen) atoms. The topological polar surface area (TPSA) is 63.4 Å². The lowest BCUT2D eigenvalue weighted by molar-refractivity contribution is 0.202. The SMILES string of the molecule is Cc1cc(S(=O)(=O)N2CCCC(C)C2C)cc(N)c1F. The second-order valence-electron chi connectivity index (χ2n) is 5.62. The second kappa shape index (κ2) is 5.33. The lowest BCUT2D eigenvalue weighted by atomic mass is 9.94. The van der Waals surface area contributed by atoms with Crippen LogP contribution < -0.4 is 5.73 Å². The average molecular weight is 300 g/mol. The Labute approximate surface area is 119 Å². The molecule has 0 aromatic heterocycles. The molecule has 1 aliphatic heterocycles. The van der Waals surface area contributed by atoms with E-state index in [9.17, 15) is 12.8 Å². The highest BCUT2D eigenvalue weighted by Crippen LogP contribution is 2.30. The van der Waals surface area contributed by atoms with Gasteiger partial charge in [-0.05, 0) is 50.3 Å². The number of anilines is 1. The molecule has 112 valence electrons. The van der Waals surface area contributed by atoms with Crippen molar-refractivity contribution in [3.05, 3.63) is 23.5 Å². The molecule has 6 heteroatoms. The van der Waals surface area contributed by atoms with Crippen LogP contribution in [0.1, 0.15) is 32.3 Å². The zero-order valence-corrected chi connectivity index (χ0v) is 12.9. The van der Waals surface area contributed by atoms with Crippen molar-refractivity contribution in [3.63, 3.8) is 0 Å². The van der Waals surface area contributed by atoms with Gasteiger partial charge in [-0.15, -0.1) is 0 Å². The van der Waals surface area contributed by atoms with E-state index in [1.54, 1.807) is 0 Å². The van der Waals surface area contributed by atoms with Crippen molar-refractivity contribution >= 4 is 15.7 Å². The molecular weight excluding hydrogens is 279 g/mol. The molecular formula is C14H21FN2O2S. The Hall–Kier alpha value is -1.14. The highest BCUT2D eigenvalue weighted by molar-refractivity contribution is 7.89. The van der Waals surface area contributed by atoms with Crippen LogP contribution in [-0.4, -0.2) is 25.3 Å². The van der Waals surface area contributed by atoms with Crippen molar-refractivity contribution in [2.24, 2.45) is 5.92 Å². The van der Waals surface area contributed by atoms with Crippen LogP contribution >= 0.6 is 0 Å². The Balaban J connectivity index is 2.45. The van der Waals surface area contributed by atoms with Crippen molar-refractivity contribution in [1.29, 1.82) is 0 Å². The van der Waals surface area contributed by atoms with Crippen molar-refractivity contribution in [2.75, 3.05) is 12.3 Å². The number of nitrogens with zero attached hydrogens (tertiary/aromatic N) is 1. The van der Waals surface area contributed by atoms with Crippen LogP contribution in [-0.2, 0) is 10.0 Å². The average Bonchev–Trinajstić information content (AvgIpc) is 2.38. The van der Waals surface area contributed by atoms with Gasteiger partial charge in [0.05, 0.1) is 10.6 Å². The first-order valence-electron chi connectivity index (χ1n) is 6.82. The van der Waals surface area contributed by atoms with E-state index in [4.69, 9.17) is 5.73 Å². The maximum Gasteiger partial charge on any atom is 0.243 e. The molecule has 0 radical (unpaired) electrons. The third-order valence-electron chi connectivity index (χ3n) is 4.18. The molecule has 4 nitrogen and oxygen atoms in total. The van der Waals surface area contributed by atoms with E-state index in [2.05, 4.69) is 6.92 Å². The number of piperidine rings is 1. The Morgan fingerprint density at radius 1 is 1.35 bits per heavy atom. The van der Waals surface area contributed by atoms with Gasteiger partial charge in [0, 0.05) is 12.6 Å². The van der Waals surface area contributed by atoms with Crippen molar-refractivity contribution < 1.29 is 12.8 Å². The summed E-state index contributed by atoms with van der Waals surface area (Å²) >= 11 is 0. The number of hydrogen-bond acceptors (Lipinski definition) is 3. The molecule has 2 atom stereocenters. The minimum absolute atomic E-state index is 0.0552. The molecule has 2 rings (SSSR count). The van der Waals surface area contributed by atoms with Crippen LogP contribution in [0.3, 0.4) is 0 Å². The van der Waals surface area contributed by atoms with Gasteiger partial charge in [-0.1, -0.05) is 6.92 Å². The number of aryl methyl sites for hydroxylation is 1. The molecule has 0 amide bonds. The Kier molecular flexibility index (Phi) is 4.07. The standard InChI is InChI=1S/C14H21FN2O2S/c1-9-5-4-6-17(11(9)3)20(18,19)12-7-10(2)14(15)13(16)8-12/h7-9,11H,4-6,16H2,1-3H3. The van der Waals surface area contributed by atoms with E-state index >= 15 is 0 Å². The first-order valence-corrected chi connectivity index (χ1v) is 8.26. The van der Waals surface area contributed by atoms with Gasteiger partial charge in [0.2, 0.25) is 10.0 Å². The first kappa shape index (κ1) is 15.3. The summed E-state index contributed by atoms with van der Waals surface area (Å²) in [6.45, 7) is 5.99. The van der Waals surface area contributed by atoms with E-state index < -0.39 is 15.8 Å². The molecule has 0 bridgehead atoms. The summed E-state index contributed by atoms with van der Waals surface area (Å²) in [7, 11) is -3.62. The lowest BCUT2D eigenvalue weighted by Crippen LogP contribution is -2.45. The number of nitrogens with two attached hydrogens (primary N) is 1. The minimum atomic E-state index is -3.62. The molecule has 0 spiro atoms. The fraction of sp³-hybridized carbons (Fsp3) is 0.571. The highest BCUT2D eigenvalue weighted by Gasteiger charge is 2.34. The fourth-order valence-electron chi connectivity index (χ4n) is 2.68. The van der Waals surface area contributed by atoms with Crippen LogP contribution in [0.2, 0.25) is 0 Å². The lowest BCUT2D eigenvalue weighted by Gasteiger charge is -2.36. The summed E-state index contributed by atoms with van der Waals surface area (Å²) < 4.78 is 40.5. The van der Waals surface area contributed by atoms with E-state index in [0.29, 0.717) is 12.5 Å². The van der Waals surface area contributed by atoms with Gasteiger partial charge in [-0.2, -0.15) is 4.31 Å². The van der Waals surface area contributed by atoms with Crippen LogP contribution in [0.25, 0.3) is 0 Å². The number of hydrogen-bond donors (Lipinski definition) is 1. The molecule has 1 aliphatic rings. The monoisotopic (exact) mass is 300 g/mol. The minimum Gasteiger partial charge on any atom is -0.396 e. The molecule has 0 aliphatic carbocycles. The summed E-state index contributed by atoms with van der Waals surface area (Å²) in [6, 6.07) is 2.51. The van der Waals surface area contributed by atoms with Crippen LogP contribution in [0.4, 0.5) is 10.1 Å². The van der Waals surface area contributed by atoms with Crippen LogP contribution in [0.5, 0.6) is 0 Å². The third-order valence-corrected chi connectivity index (χ3v) is 6.14. The van der Waals surface area contributed by atoms with Gasteiger partial charge in [0.25, 0.3) is 0 Å². The van der Waals surface area contributed by atoms with Crippen molar-refractivity contribution in [1.82, 2.24) is 4.31 Å². The van der Waals surface area contributed by atoms with Crippen LogP contribution in [0.15, 0.2) is 17.0 Å². The zero-order chi connectivity index (χ0) is 15.1. The quantitative estimate of drug-likeness (QED) is 0.854. The van der Waals surface area contributed by atoms with Crippen LogP contribution in [0, 0.1) is 18.7 Å². The summed E-state index contributed by atoms with van der Waals surface area (Å²) in [5, 5.41) is 0. The smallest absolute Gasteiger partial charge is 0.243 e. The fourth-order valence-corrected chi connectivity index (χ4v) is 4.57. The Morgan fingerprint density at radius 2 is 2.00 bits per heavy atom. The molecule has 0 saturated carbocycles. The number of halogens is 1. The predicted octanol–water partition coefficient (Wildman–Crippen LogP) is 2.53. The third kappa shape index (κ3) is 2.54. The van der Waals surface area contributed by atoms with Gasteiger partial charge in [-0.3, -0.25) is 0 Å². The summed E-state index contributed by atoms with van der Waals surface area (Å²) in [5.41, 5.74) is 5.68. The number of rotatable bonds is 2. The van der Waals surface area contributed by atoms with E-state index in [-0.39, 0.29) is 22.2 Å². The molecule has 1 aromatic rings. The number of sulfonamides is 1. The number of benzene rings is 1. The van der Waals surface area contributed by atoms with Crippen molar-refractivity contribution in [2.45, 2.75) is 44.6 Å². The maximum absolute atomic E-state index is 13.5. The largest absolute Gasteiger partial charge is 0.396 e. The van der Waals surface area contributed by atoms with E-state index in [1.807, 2.05) is 6.92 Å². The first-order chi connectivity index (χ1) is 9.25. The molecule has 1 fully saturated rings.